The molecule has 1 aliphatic rings. The number of thiophene rings is 1. The number of rotatable bonds is 4. The zero-order valence-corrected chi connectivity index (χ0v) is 16.5. The summed E-state index contributed by atoms with van der Waals surface area (Å²) in [5.74, 6) is 0.436. The van der Waals surface area contributed by atoms with Crippen LogP contribution in [0.3, 0.4) is 0 Å². The number of hydrogen-bond acceptors (Lipinski definition) is 8. The fourth-order valence-corrected chi connectivity index (χ4v) is 4.67. The van der Waals surface area contributed by atoms with Crippen molar-refractivity contribution < 1.29 is 10.2 Å². The number of aliphatic hydroxyl groups excluding tert-OH is 1. The number of nitrogens with two attached hydrogens (primary N) is 1. The Morgan fingerprint density at radius 3 is 2.90 bits per heavy atom. The Morgan fingerprint density at radius 2 is 2.17 bits per heavy atom. The molecule has 0 amide bonds. The molecule has 0 saturated carbocycles. The van der Waals surface area contributed by atoms with Crippen LogP contribution in [-0.2, 0) is 6.54 Å². The summed E-state index contributed by atoms with van der Waals surface area (Å²) < 4.78 is 1.91. The molecule has 1 fully saturated rings. The lowest BCUT2D eigenvalue weighted by Gasteiger charge is -2.33. The number of nitrogens with zero attached hydrogens (tertiary/aromatic N) is 4. The highest BCUT2D eigenvalue weighted by atomic mass is 32.1. The minimum atomic E-state index is -1.71. The van der Waals surface area contributed by atoms with Gasteiger partial charge < -0.3 is 20.8 Å². The van der Waals surface area contributed by atoms with Crippen LogP contribution in [0.5, 0.6) is 0 Å². The molecule has 4 N–H and O–H groups in total. The number of fused-ring (bicyclic) bond motifs is 1. The van der Waals surface area contributed by atoms with E-state index in [-0.39, 0.29) is 23.7 Å². The van der Waals surface area contributed by atoms with Gasteiger partial charge in [0.15, 0.2) is 6.29 Å². The first-order chi connectivity index (χ1) is 14.0. The van der Waals surface area contributed by atoms with E-state index in [1.54, 1.807) is 22.1 Å². The van der Waals surface area contributed by atoms with Crippen LogP contribution in [0.2, 0.25) is 0 Å². The van der Waals surface area contributed by atoms with Crippen molar-refractivity contribution >= 4 is 27.5 Å². The van der Waals surface area contributed by atoms with Gasteiger partial charge >= 0.3 is 0 Å². The standard InChI is InChI=1S/C20H21N5O3S/c21-8-12-4-1-2-5-13(12)9-25-18(26)17-16(15(11-29-17)19(27)28)23-20(25)24-7-3-6-14(22)10-24/h1-2,4-5,11,14,19,27-28H,3,6-7,9-10,22H2. The normalized spacial score (nSPS) is 17.1. The highest BCUT2D eigenvalue weighted by Gasteiger charge is 2.25. The summed E-state index contributed by atoms with van der Waals surface area (Å²) in [6.45, 7) is 1.45. The minimum absolute atomic E-state index is 0.0263. The predicted molar refractivity (Wildman–Crippen MR) is 111 cm³/mol. The molecule has 0 aliphatic carbocycles. The van der Waals surface area contributed by atoms with Crippen LogP contribution in [0.1, 0.15) is 35.8 Å². The molecule has 8 nitrogen and oxygen atoms in total. The SMILES string of the molecule is N#Cc1ccccc1Cn1c(N2CCCC(N)C2)nc2c(C(O)O)csc2c1=O. The van der Waals surface area contributed by atoms with Crippen molar-refractivity contribution in [3.63, 3.8) is 0 Å². The Hall–Kier alpha value is -2.77. The van der Waals surface area contributed by atoms with Crippen molar-refractivity contribution in [2.24, 2.45) is 5.73 Å². The quantitative estimate of drug-likeness (QED) is 0.552. The van der Waals surface area contributed by atoms with E-state index in [0.29, 0.717) is 34.8 Å². The largest absolute Gasteiger partial charge is 0.364 e. The fourth-order valence-electron chi connectivity index (χ4n) is 3.70. The molecule has 9 heteroatoms. The number of aliphatic hydroxyl groups is 2. The summed E-state index contributed by atoms with van der Waals surface area (Å²) >= 11 is 1.14. The highest BCUT2D eigenvalue weighted by molar-refractivity contribution is 7.17. The monoisotopic (exact) mass is 411 g/mol. The molecule has 3 heterocycles. The van der Waals surface area contributed by atoms with Crippen molar-refractivity contribution in [2.45, 2.75) is 31.7 Å². The lowest BCUT2D eigenvalue weighted by molar-refractivity contribution is -0.0411. The predicted octanol–water partition coefficient (Wildman–Crippen LogP) is 1.29. The second-order valence-corrected chi connectivity index (χ2v) is 8.04. The van der Waals surface area contributed by atoms with E-state index in [4.69, 9.17) is 5.73 Å². The summed E-state index contributed by atoms with van der Waals surface area (Å²) in [6.07, 6.45) is 0.0738. The number of aromatic nitrogens is 2. The maximum atomic E-state index is 13.3. The van der Waals surface area contributed by atoms with Gasteiger partial charge in [0.05, 0.1) is 23.7 Å². The average molecular weight is 411 g/mol. The summed E-state index contributed by atoms with van der Waals surface area (Å²) in [7, 11) is 0. The van der Waals surface area contributed by atoms with Crippen molar-refractivity contribution in [2.75, 3.05) is 18.0 Å². The lowest BCUT2D eigenvalue weighted by Crippen LogP contribution is -2.45. The van der Waals surface area contributed by atoms with Gasteiger partial charge in [-0.05, 0) is 24.5 Å². The van der Waals surface area contributed by atoms with Crippen molar-refractivity contribution in [3.8, 4) is 6.07 Å². The first-order valence-electron chi connectivity index (χ1n) is 9.36. The number of anilines is 1. The first kappa shape index (κ1) is 19.5. The van der Waals surface area contributed by atoms with Crippen LogP contribution >= 0.6 is 11.3 Å². The molecule has 4 rings (SSSR count). The molecular formula is C20H21N5O3S. The van der Waals surface area contributed by atoms with Crippen molar-refractivity contribution in [1.82, 2.24) is 9.55 Å². The molecule has 1 saturated heterocycles. The first-order valence-corrected chi connectivity index (χ1v) is 10.2. The summed E-state index contributed by atoms with van der Waals surface area (Å²) in [4.78, 5) is 20.0. The van der Waals surface area contributed by atoms with Gasteiger partial charge in [0.2, 0.25) is 5.95 Å². The molecule has 3 aromatic rings. The van der Waals surface area contributed by atoms with Gasteiger partial charge in [-0.1, -0.05) is 18.2 Å². The molecule has 1 aromatic carbocycles. The van der Waals surface area contributed by atoms with Crippen molar-refractivity contribution in [1.29, 1.82) is 5.26 Å². The molecule has 0 spiro atoms. The van der Waals surface area contributed by atoms with Gasteiger partial charge in [-0.3, -0.25) is 9.36 Å². The van der Waals surface area contributed by atoms with Crippen LogP contribution in [0.15, 0.2) is 34.4 Å². The number of piperidine rings is 1. The van der Waals surface area contributed by atoms with E-state index in [0.717, 1.165) is 29.7 Å². The van der Waals surface area contributed by atoms with E-state index in [2.05, 4.69) is 11.1 Å². The number of nitriles is 1. The third-order valence-electron chi connectivity index (χ3n) is 5.17. The van der Waals surface area contributed by atoms with E-state index in [9.17, 15) is 20.3 Å². The van der Waals surface area contributed by atoms with Crippen molar-refractivity contribution in [3.05, 3.63) is 56.7 Å². The zero-order valence-electron chi connectivity index (χ0n) is 15.7. The van der Waals surface area contributed by atoms with Crippen LogP contribution in [-0.4, -0.2) is 38.9 Å². The second kappa shape index (κ2) is 7.93. The van der Waals surface area contributed by atoms with Gasteiger partial charge in [-0.25, -0.2) is 4.98 Å². The van der Waals surface area contributed by atoms with Gasteiger partial charge in [-0.15, -0.1) is 11.3 Å². The van der Waals surface area contributed by atoms with Gasteiger partial charge in [0.1, 0.15) is 4.70 Å². The van der Waals surface area contributed by atoms with Gasteiger partial charge in [0, 0.05) is 30.1 Å². The lowest BCUT2D eigenvalue weighted by atomic mass is 10.1. The third kappa shape index (κ3) is 3.63. The van der Waals surface area contributed by atoms with Crippen LogP contribution in [0.4, 0.5) is 5.95 Å². The zero-order chi connectivity index (χ0) is 20.5. The smallest absolute Gasteiger partial charge is 0.273 e. The molecule has 1 atom stereocenters. The Bertz CT molecular complexity index is 1150. The summed E-state index contributed by atoms with van der Waals surface area (Å²) in [5, 5.41) is 30.3. The Labute approximate surface area is 171 Å². The third-order valence-corrected chi connectivity index (χ3v) is 6.15. The van der Waals surface area contributed by atoms with Crippen LogP contribution in [0.25, 0.3) is 10.2 Å². The molecule has 150 valence electrons. The Balaban J connectivity index is 1.91. The molecule has 1 aliphatic heterocycles. The second-order valence-electron chi connectivity index (χ2n) is 7.16. The topological polar surface area (TPSA) is 128 Å². The van der Waals surface area contributed by atoms with Crippen LogP contribution < -0.4 is 16.2 Å². The molecule has 1 unspecified atom stereocenters. The molecule has 0 bridgehead atoms. The highest BCUT2D eigenvalue weighted by Crippen LogP contribution is 2.29. The summed E-state index contributed by atoms with van der Waals surface area (Å²) in [5.41, 5.74) is 7.61. The Kier molecular flexibility index (Phi) is 5.34. The van der Waals surface area contributed by atoms with Crippen LogP contribution in [0, 0.1) is 11.3 Å². The molecule has 2 aromatic heterocycles. The van der Waals surface area contributed by atoms with E-state index in [1.165, 1.54) is 0 Å². The maximum Gasteiger partial charge on any atom is 0.273 e. The van der Waals surface area contributed by atoms with E-state index >= 15 is 0 Å². The van der Waals surface area contributed by atoms with Gasteiger partial charge in [-0.2, -0.15) is 5.26 Å². The maximum absolute atomic E-state index is 13.3. The Morgan fingerprint density at radius 1 is 1.38 bits per heavy atom. The summed E-state index contributed by atoms with van der Waals surface area (Å²) in [6, 6.07) is 9.28. The molecule has 0 radical (unpaired) electrons. The van der Waals surface area contributed by atoms with E-state index < -0.39 is 6.29 Å². The number of benzene rings is 1. The fraction of sp³-hybridized carbons (Fsp3) is 0.350. The number of hydrogen-bond donors (Lipinski definition) is 3. The van der Waals surface area contributed by atoms with E-state index in [1.807, 2.05) is 17.0 Å². The average Bonchev–Trinajstić information content (AvgIpc) is 3.15. The van der Waals surface area contributed by atoms with Gasteiger partial charge in [0.25, 0.3) is 5.56 Å². The molecule has 29 heavy (non-hydrogen) atoms. The molecular weight excluding hydrogens is 390 g/mol. The minimum Gasteiger partial charge on any atom is -0.364 e.